The third-order valence-electron chi connectivity index (χ3n) is 4.72. The highest BCUT2D eigenvalue weighted by Crippen LogP contribution is 2.25. The number of hydrogen-bond donors (Lipinski definition) is 1. The number of amides is 1. The monoisotopic (exact) mass is 430 g/mol. The van der Waals surface area contributed by atoms with Gasteiger partial charge in [-0.15, -0.1) is 0 Å². The lowest BCUT2D eigenvalue weighted by atomic mass is 10.2. The lowest BCUT2D eigenvalue weighted by molar-refractivity contribution is 0.0954. The average Bonchev–Trinajstić information content (AvgIpc) is 3.45. The summed E-state index contributed by atoms with van der Waals surface area (Å²) in [6.45, 7) is 1.87. The van der Waals surface area contributed by atoms with E-state index in [4.69, 9.17) is 13.9 Å². The summed E-state index contributed by atoms with van der Waals surface area (Å²) in [6.07, 6.45) is 3.36. The van der Waals surface area contributed by atoms with Crippen molar-refractivity contribution in [3.8, 4) is 28.6 Å². The van der Waals surface area contributed by atoms with E-state index in [1.54, 1.807) is 22.9 Å². The van der Waals surface area contributed by atoms with Gasteiger partial charge in [0.25, 0.3) is 5.91 Å². The number of nitrogens with zero attached hydrogens (tertiary/aromatic N) is 3. The van der Waals surface area contributed by atoms with Crippen molar-refractivity contribution in [3.63, 3.8) is 0 Å². The number of hydrazone groups is 1. The van der Waals surface area contributed by atoms with Gasteiger partial charge in [-0.05, 0) is 43.3 Å². The van der Waals surface area contributed by atoms with Crippen LogP contribution in [0, 0.1) is 6.92 Å². The molecule has 0 fully saturated rings. The number of methoxy groups -OCH3 is 2. The van der Waals surface area contributed by atoms with Gasteiger partial charge in [0.05, 0.1) is 26.1 Å². The summed E-state index contributed by atoms with van der Waals surface area (Å²) in [6, 6.07) is 18.3. The van der Waals surface area contributed by atoms with Gasteiger partial charge in [-0.2, -0.15) is 10.2 Å². The normalized spacial score (nSPS) is 11.0. The van der Waals surface area contributed by atoms with E-state index in [0.29, 0.717) is 34.1 Å². The number of furan rings is 1. The molecular formula is C24H22N4O4. The van der Waals surface area contributed by atoms with E-state index in [-0.39, 0.29) is 0 Å². The number of aromatic nitrogens is 2. The van der Waals surface area contributed by atoms with E-state index in [9.17, 15) is 4.79 Å². The van der Waals surface area contributed by atoms with Crippen molar-refractivity contribution in [2.24, 2.45) is 5.10 Å². The number of carbonyl (C=O) groups is 1. The number of para-hydroxylation sites is 1. The Balaban J connectivity index is 1.60. The van der Waals surface area contributed by atoms with E-state index in [1.807, 2.05) is 55.6 Å². The summed E-state index contributed by atoms with van der Waals surface area (Å²) < 4.78 is 17.9. The fraction of sp³-hybridized carbons (Fsp3) is 0.125. The van der Waals surface area contributed by atoms with Crippen molar-refractivity contribution in [2.45, 2.75) is 6.92 Å². The molecule has 8 heteroatoms. The number of benzene rings is 2. The molecule has 162 valence electrons. The second-order valence-electron chi connectivity index (χ2n) is 6.92. The van der Waals surface area contributed by atoms with Crippen molar-refractivity contribution >= 4 is 12.1 Å². The summed E-state index contributed by atoms with van der Waals surface area (Å²) in [7, 11) is 3.05. The SMILES string of the molecule is COc1cc(OC)cc(C(=O)N/N=C\c2cn(-c3ccccc3)nc2-c2ccc(C)o2)c1. The molecule has 0 atom stereocenters. The molecule has 8 nitrogen and oxygen atoms in total. The minimum absolute atomic E-state index is 0.361. The van der Waals surface area contributed by atoms with Crippen LogP contribution in [0.1, 0.15) is 21.7 Å². The van der Waals surface area contributed by atoms with E-state index in [0.717, 1.165) is 11.4 Å². The van der Waals surface area contributed by atoms with Gasteiger partial charge in [0, 0.05) is 23.4 Å². The summed E-state index contributed by atoms with van der Waals surface area (Å²) in [5.74, 6) is 2.01. The number of aryl methyl sites for hydroxylation is 1. The van der Waals surface area contributed by atoms with Crippen LogP contribution in [0.25, 0.3) is 17.1 Å². The first-order valence-electron chi connectivity index (χ1n) is 9.86. The highest BCUT2D eigenvalue weighted by atomic mass is 16.5. The lowest BCUT2D eigenvalue weighted by Gasteiger charge is -2.07. The topological polar surface area (TPSA) is 90.9 Å². The zero-order valence-electron chi connectivity index (χ0n) is 17.9. The molecule has 4 rings (SSSR count). The molecule has 2 aromatic heterocycles. The van der Waals surface area contributed by atoms with Gasteiger partial charge >= 0.3 is 0 Å². The van der Waals surface area contributed by atoms with Gasteiger partial charge in [-0.3, -0.25) is 4.79 Å². The second kappa shape index (κ2) is 9.22. The molecule has 1 N–H and O–H groups in total. The minimum Gasteiger partial charge on any atom is -0.497 e. The van der Waals surface area contributed by atoms with Crippen molar-refractivity contribution < 1.29 is 18.7 Å². The Labute approximate surface area is 185 Å². The fourth-order valence-electron chi connectivity index (χ4n) is 3.11. The Kier molecular flexibility index (Phi) is 6.03. The first-order valence-corrected chi connectivity index (χ1v) is 9.86. The first-order chi connectivity index (χ1) is 15.6. The molecular weight excluding hydrogens is 408 g/mol. The van der Waals surface area contributed by atoms with Crippen molar-refractivity contribution in [1.29, 1.82) is 0 Å². The molecule has 0 saturated heterocycles. The maximum atomic E-state index is 12.6. The highest BCUT2D eigenvalue weighted by molar-refractivity contribution is 5.96. The van der Waals surface area contributed by atoms with Gasteiger partial charge in [-0.25, -0.2) is 10.1 Å². The molecule has 2 heterocycles. The van der Waals surface area contributed by atoms with Crippen LogP contribution in [-0.4, -0.2) is 36.1 Å². The maximum absolute atomic E-state index is 12.6. The van der Waals surface area contributed by atoms with E-state index in [2.05, 4.69) is 15.6 Å². The molecule has 0 aliphatic rings. The van der Waals surface area contributed by atoms with Gasteiger partial charge in [0.1, 0.15) is 23.0 Å². The van der Waals surface area contributed by atoms with Gasteiger partial charge in [0.15, 0.2) is 5.76 Å². The minimum atomic E-state index is -0.399. The van der Waals surface area contributed by atoms with E-state index in [1.165, 1.54) is 20.4 Å². The summed E-state index contributed by atoms with van der Waals surface area (Å²) in [5, 5.41) is 8.78. The summed E-state index contributed by atoms with van der Waals surface area (Å²) >= 11 is 0. The van der Waals surface area contributed by atoms with Crippen LogP contribution in [0.4, 0.5) is 0 Å². The van der Waals surface area contributed by atoms with Crippen LogP contribution < -0.4 is 14.9 Å². The largest absolute Gasteiger partial charge is 0.497 e. The smallest absolute Gasteiger partial charge is 0.271 e. The molecule has 0 unspecified atom stereocenters. The standard InChI is InChI=1S/C24H22N4O4/c1-16-9-10-22(32-16)23-18(15-28(27-23)19-7-5-4-6-8-19)14-25-26-24(29)17-11-20(30-2)13-21(12-17)31-3/h4-15H,1-3H3,(H,26,29)/b25-14-. The Morgan fingerprint density at radius 2 is 1.78 bits per heavy atom. The number of hydrogen-bond acceptors (Lipinski definition) is 6. The Morgan fingerprint density at radius 1 is 1.06 bits per heavy atom. The lowest BCUT2D eigenvalue weighted by Crippen LogP contribution is -2.17. The number of rotatable bonds is 7. The quantitative estimate of drug-likeness (QED) is 0.350. The maximum Gasteiger partial charge on any atom is 0.271 e. The van der Waals surface area contributed by atoms with Crippen molar-refractivity contribution in [3.05, 3.63) is 83.7 Å². The number of ether oxygens (including phenoxy) is 2. The van der Waals surface area contributed by atoms with Crippen LogP contribution in [0.15, 0.2) is 76.4 Å². The number of nitrogens with one attached hydrogen (secondary N) is 1. The van der Waals surface area contributed by atoms with Crippen LogP contribution >= 0.6 is 0 Å². The molecule has 2 aromatic carbocycles. The molecule has 4 aromatic rings. The predicted octanol–water partition coefficient (Wildman–Crippen LogP) is 4.22. The van der Waals surface area contributed by atoms with Gasteiger partial charge in [0.2, 0.25) is 0 Å². The van der Waals surface area contributed by atoms with Crippen LogP contribution in [0.3, 0.4) is 0 Å². The Hall–Kier alpha value is -4.33. The van der Waals surface area contributed by atoms with Crippen LogP contribution in [0.2, 0.25) is 0 Å². The third-order valence-corrected chi connectivity index (χ3v) is 4.72. The summed E-state index contributed by atoms with van der Waals surface area (Å²) in [4.78, 5) is 12.6. The van der Waals surface area contributed by atoms with Crippen LogP contribution in [-0.2, 0) is 0 Å². The van der Waals surface area contributed by atoms with E-state index >= 15 is 0 Å². The molecule has 0 radical (unpaired) electrons. The Morgan fingerprint density at radius 3 is 2.41 bits per heavy atom. The molecule has 0 bridgehead atoms. The second-order valence-corrected chi connectivity index (χ2v) is 6.92. The van der Waals surface area contributed by atoms with Crippen molar-refractivity contribution in [2.75, 3.05) is 14.2 Å². The van der Waals surface area contributed by atoms with Gasteiger partial charge in [-0.1, -0.05) is 18.2 Å². The summed E-state index contributed by atoms with van der Waals surface area (Å²) in [5.41, 5.74) is 5.09. The average molecular weight is 430 g/mol. The first kappa shape index (κ1) is 20.9. The fourth-order valence-corrected chi connectivity index (χ4v) is 3.11. The molecule has 32 heavy (non-hydrogen) atoms. The molecule has 0 spiro atoms. The highest BCUT2D eigenvalue weighted by Gasteiger charge is 2.15. The number of carbonyl (C=O) groups excluding carboxylic acids is 1. The van der Waals surface area contributed by atoms with Crippen LogP contribution in [0.5, 0.6) is 11.5 Å². The predicted molar refractivity (Wildman–Crippen MR) is 121 cm³/mol. The zero-order valence-corrected chi connectivity index (χ0v) is 17.9. The zero-order chi connectivity index (χ0) is 22.5. The Bertz CT molecular complexity index is 1240. The molecule has 0 saturated carbocycles. The van der Waals surface area contributed by atoms with Crippen molar-refractivity contribution in [1.82, 2.24) is 15.2 Å². The molecule has 0 aliphatic heterocycles. The third kappa shape index (κ3) is 4.54. The molecule has 1 amide bonds. The molecule has 0 aliphatic carbocycles. The van der Waals surface area contributed by atoms with E-state index < -0.39 is 5.91 Å². The van der Waals surface area contributed by atoms with Gasteiger partial charge < -0.3 is 13.9 Å².